The molecule has 0 amide bonds. The van der Waals surface area contributed by atoms with Gasteiger partial charge < -0.3 is 0 Å². The van der Waals surface area contributed by atoms with Crippen LogP contribution >= 0.6 is 0 Å². The van der Waals surface area contributed by atoms with Crippen LogP contribution in [-0.4, -0.2) is 3.21 Å². The van der Waals surface area contributed by atoms with Crippen LogP contribution in [0.15, 0.2) is 90.5 Å². The van der Waals surface area contributed by atoms with Gasteiger partial charge in [0.15, 0.2) is 0 Å². The number of fused-ring (bicyclic) bond motifs is 5. The van der Waals surface area contributed by atoms with Gasteiger partial charge in [-0.15, -0.1) is 39.7 Å². The number of hydrogen-bond donors (Lipinski definition) is 0. The first-order chi connectivity index (χ1) is 21.5. The van der Waals surface area contributed by atoms with Crippen LogP contribution in [0, 0.1) is 17.4 Å². The van der Waals surface area contributed by atoms with Crippen molar-refractivity contribution in [2.75, 3.05) is 0 Å². The summed E-state index contributed by atoms with van der Waals surface area (Å²) in [7, 11) is 0. The van der Waals surface area contributed by atoms with E-state index in [0.717, 1.165) is 0 Å². The van der Waals surface area contributed by atoms with Crippen molar-refractivity contribution in [2.45, 2.75) is 99.8 Å². The zero-order valence-electron chi connectivity index (χ0n) is 30.1. The molecule has 1 heteroatoms. The fourth-order valence-electron chi connectivity index (χ4n) is 7.36. The Hall–Kier alpha value is -2.76. The van der Waals surface area contributed by atoms with E-state index in [1.807, 2.05) is 6.07 Å². The average molecular weight is 684 g/mol. The van der Waals surface area contributed by atoms with E-state index in [9.17, 15) is 0 Å². The molecule has 7 rings (SSSR count). The summed E-state index contributed by atoms with van der Waals surface area (Å²) < 4.78 is 1.46. The summed E-state index contributed by atoms with van der Waals surface area (Å²) in [4.78, 5) is 0. The first kappa shape index (κ1) is 34.6. The van der Waals surface area contributed by atoms with Crippen LogP contribution in [0.1, 0.15) is 117 Å². The van der Waals surface area contributed by atoms with Crippen molar-refractivity contribution in [1.82, 2.24) is 0 Å². The summed E-state index contributed by atoms with van der Waals surface area (Å²) in [5.74, 6) is 0.587. The molecule has 46 heavy (non-hydrogen) atoms. The molecule has 4 aromatic rings. The second kappa shape index (κ2) is 13.0. The summed E-state index contributed by atoms with van der Waals surface area (Å²) in [5, 5.41) is 5.57. The Morgan fingerprint density at radius 3 is 1.72 bits per heavy atom. The third kappa shape index (κ3) is 7.06. The van der Waals surface area contributed by atoms with Gasteiger partial charge in [-0.05, 0) is 36.1 Å². The molecule has 4 aromatic carbocycles. The van der Waals surface area contributed by atoms with Gasteiger partial charge in [-0.25, -0.2) is 6.08 Å². The quantitative estimate of drug-likeness (QED) is 0.189. The normalized spacial score (nSPS) is 18.6. The van der Waals surface area contributed by atoms with E-state index in [-0.39, 0.29) is 10.8 Å². The second-order valence-electron chi connectivity index (χ2n) is 15.8. The van der Waals surface area contributed by atoms with Crippen LogP contribution in [0.2, 0.25) is 0 Å². The van der Waals surface area contributed by atoms with E-state index < -0.39 is 0 Å². The molecule has 1 atom stereocenters. The first-order valence-corrected chi connectivity index (χ1v) is 18.3. The van der Waals surface area contributed by atoms with Gasteiger partial charge in [-0.3, -0.25) is 6.08 Å². The molecule has 0 bridgehead atoms. The zero-order valence-corrected chi connectivity index (χ0v) is 32.5. The molecule has 3 aliphatic carbocycles. The van der Waals surface area contributed by atoms with Crippen LogP contribution in [0.5, 0.6) is 0 Å². The Bertz CT molecular complexity index is 1810. The van der Waals surface area contributed by atoms with Gasteiger partial charge in [-0.1, -0.05) is 115 Å². The molecular formula is C45H52Zr. The van der Waals surface area contributed by atoms with Crippen molar-refractivity contribution in [3.63, 3.8) is 0 Å². The van der Waals surface area contributed by atoms with Crippen LogP contribution in [0.4, 0.5) is 0 Å². The van der Waals surface area contributed by atoms with Crippen molar-refractivity contribution >= 4 is 35.9 Å². The maximum atomic E-state index is 3.40. The van der Waals surface area contributed by atoms with E-state index in [0.29, 0.717) is 11.3 Å². The summed E-state index contributed by atoms with van der Waals surface area (Å²) in [6, 6.07) is 22.6. The molecule has 0 radical (unpaired) electrons. The van der Waals surface area contributed by atoms with Crippen molar-refractivity contribution in [2.24, 2.45) is 11.3 Å². The number of rotatable bonds is 3. The third-order valence-corrected chi connectivity index (χ3v) is 10.6. The van der Waals surface area contributed by atoms with Gasteiger partial charge in [0.25, 0.3) is 0 Å². The molecule has 3 aliphatic rings. The first-order valence-electron chi connectivity index (χ1n) is 17.1. The van der Waals surface area contributed by atoms with Crippen LogP contribution in [-0.2, 0) is 35.1 Å². The molecule has 1 unspecified atom stereocenters. The Morgan fingerprint density at radius 2 is 1.33 bits per heavy atom. The van der Waals surface area contributed by atoms with Crippen LogP contribution < -0.4 is 0 Å². The number of benzene rings is 3. The molecule has 0 fully saturated rings. The van der Waals surface area contributed by atoms with Gasteiger partial charge in [0.2, 0.25) is 0 Å². The Labute approximate surface area is 294 Å². The van der Waals surface area contributed by atoms with Crippen molar-refractivity contribution in [3.05, 3.63) is 124 Å². The van der Waals surface area contributed by atoms with Crippen molar-refractivity contribution < 1.29 is 24.2 Å². The molecule has 0 aromatic heterocycles. The molecule has 0 saturated heterocycles. The van der Waals surface area contributed by atoms with E-state index in [1.54, 1.807) is 0 Å². The molecule has 0 nitrogen and oxygen atoms in total. The third-order valence-electron chi connectivity index (χ3n) is 9.88. The predicted molar refractivity (Wildman–Crippen MR) is 200 cm³/mol. The van der Waals surface area contributed by atoms with E-state index in [2.05, 4.69) is 161 Å². The molecule has 0 aliphatic heterocycles. The monoisotopic (exact) mass is 682 g/mol. The zero-order chi connectivity index (χ0) is 33.6. The Morgan fingerprint density at radius 1 is 0.826 bits per heavy atom. The molecule has 0 saturated carbocycles. The summed E-state index contributed by atoms with van der Waals surface area (Å²) in [6.45, 7) is 24.9. The van der Waals surface area contributed by atoms with Gasteiger partial charge in [-0.2, -0.15) is 11.6 Å². The fraction of sp³-hybridized carbons (Fsp3) is 0.378. The van der Waals surface area contributed by atoms with Gasteiger partial charge in [0.05, 0.1) is 0 Å². The molecule has 236 valence electrons. The van der Waals surface area contributed by atoms with Crippen LogP contribution in [0.25, 0.3) is 32.7 Å². The fourth-order valence-corrected chi connectivity index (χ4v) is 7.77. The number of hydrogen-bond acceptors (Lipinski definition) is 0. The van der Waals surface area contributed by atoms with Gasteiger partial charge in [0.1, 0.15) is 0 Å². The number of allylic oxidation sites excluding steroid dienone is 8. The Kier molecular flexibility index (Phi) is 9.80. The topological polar surface area (TPSA) is 0 Å². The molecule has 0 heterocycles. The Balaban J connectivity index is 0.000000165. The predicted octanol–water partition coefficient (Wildman–Crippen LogP) is 12.6. The van der Waals surface area contributed by atoms with E-state index in [1.165, 1.54) is 106 Å². The van der Waals surface area contributed by atoms with Gasteiger partial charge in [0, 0.05) is 10.8 Å². The summed E-state index contributed by atoms with van der Waals surface area (Å²) in [6.07, 6.45) is 15.2. The van der Waals surface area contributed by atoms with E-state index >= 15 is 0 Å². The summed E-state index contributed by atoms with van der Waals surface area (Å²) >= 11 is 1.51. The SMILES string of the molecule is CC1=CC(C)(C)c2cc3[cH-]c4cc5c(cc4c3cc21)C(C)=CC5(C)C.CCCC1[C-]=CC(C(C)(C)C)=C1.C[C](=[Zr+2])c1ccccc1. The molecule has 0 spiro atoms. The van der Waals surface area contributed by atoms with Crippen LogP contribution in [0.3, 0.4) is 0 Å². The minimum absolute atomic E-state index is 0.139. The standard InChI is InChI=1S/C25H25.C12H19.C8H8.Zr/c1-14-12-24(3,4)22-8-16-7-17-9-23-19(15(2)13-25(23,5)6)11-21(17)20(16)10-18(14)22;1-5-6-10-7-8-11(9-10)12(2,3)4;1-2-8-6-4-3-5-7-8;/h7-13H,1-6H3;8-10H,5-6H2,1-4H3;3-7H,1H3;/q2*-1;;+2. The average Bonchev–Trinajstić information content (AvgIpc) is 3.70. The van der Waals surface area contributed by atoms with Crippen molar-refractivity contribution in [3.8, 4) is 0 Å². The van der Waals surface area contributed by atoms with Crippen molar-refractivity contribution in [1.29, 1.82) is 0 Å². The van der Waals surface area contributed by atoms with Gasteiger partial charge >= 0.3 is 70.3 Å². The molecule has 0 N–H and O–H groups in total. The summed E-state index contributed by atoms with van der Waals surface area (Å²) in [5.41, 5.74) is 12.0. The van der Waals surface area contributed by atoms with E-state index in [4.69, 9.17) is 0 Å². The second-order valence-corrected chi connectivity index (χ2v) is 17.6. The minimum atomic E-state index is 0.139. The maximum absolute atomic E-state index is 3.40. The molecular weight excluding hydrogens is 632 g/mol.